The van der Waals surface area contributed by atoms with Gasteiger partial charge < -0.3 is 15.2 Å². The summed E-state index contributed by atoms with van der Waals surface area (Å²) in [6, 6.07) is 20.0. The first kappa shape index (κ1) is 34.9. The van der Waals surface area contributed by atoms with Crippen LogP contribution in [0.3, 0.4) is 0 Å². The summed E-state index contributed by atoms with van der Waals surface area (Å²) in [6.07, 6.45) is 12.4. The van der Waals surface area contributed by atoms with E-state index in [2.05, 4.69) is 82.9 Å². The first-order valence-electron chi connectivity index (χ1n) is 16.5. The van der Waals surface area contributed by atoms with Crippen LogP contribution in [0, 0.1) is 28.7 Å². The van der Waals surface area contributed by atoms with Gasteiger partial charge in [0.2, 0.25) is 0 Å². The summed E-state index contributed by atoms with van der Waals surface area (Å²) in [5, 5.41) is 25.1. The van der Waals surface area contributed by atoms with Crippen LogP contribution in [0.4, 0.5) is 0 Å². The van der Waals surface area contributed by atoms with E-state index in [0.29, 0.717) is 11.8 Å². The van der Waals surface area contributed by atoms with E-state index in [1.165, 1.54) is 42.0 Å². The summed E-state index contributed by atoms with van der Waals surface area (Å²) in [5.74, 6) is 1.13. The molecule has 2 aliphatic carbocycles. The van der Waals surface area contributed by atoms with Crippen LogP contribution in [0.5, 0.6) is 0 Å². The van der Waals surface area contributed by atoms with Crippen molar-refractivity contribution in [3.63, 3.8) is 0 Å². The van der Waals surface area contributed by atoms with Gasteiger partial charge in [0.15, 0.2) is 0 Å². The molecule has 2 saturated carbocycles. The summed E-state index contributed by atoms with van der Waals surface area (Å²) in [6.45, 7) is 13.3. The zero-order valence-electron chi connectivity index (χ0n) is 26.8. The number of rotatable bonds is 6. The minimum atomic E-state index is -0.333. The Bertz CT molecular complexity index is 1200. The normalized spacial score (nSPS) is 24.9. The van der Waals surface area contributed by atoms with Crippen LogP contribution in [-0.4, -0.2) is 27.4 Å². The molecule has 42 heavy (non-hydrogen) atoms. The fourth-order valence-corrected chi connectivity index (χ4v) is 8.11. The van der Waals surface area contributed by atoms with Gasteiger partial charge in [-0.15, -0.1) is 35.9 Å². The number of aromatic nitrogens is 1. The molecule has 1 aromatic heterocycles. The van der Waals surface area contributed by atoms with E-state index < -0.39 is 0 Å². The van der Waals surface area contributed by atoms with E-state index in [-0.39, 0.29) is 49.1 Å². The molecular formula is C38H54IrNO2-. The smallest absolute Gasteiger partial charge is 0.0651 e. The Balaban J connectivity index is 0.000000227. The number of hydrogen-bond acceptors (Lipinski definition) is 3. The number of fused-ring (bicyclic) bond motifs is 2. The minimum Gasteiger partial charge on any atom is -0.392 e. The molecule has 2 fully saturated rings. The summed E-state index contributed by atoms with van der Waals surface area (Å²) in [7, 11) is 0. The van der Waals surface area contributed by atoms with Crippen LogP contribution in [0.1, 0.15) is 117 Å². The van der Waals surface area contributed by atoms with Crippen molar-refractivity contribution in [2.75, 3.05) is 0 Å². The summed E-state index contributed by atoms with van der Waals surface area (Å²) < 4.78 is 0. The molecule has 1 radical (unpaired) electrons. The van der Waals surface area contributed by atoms with E-state index in [1.807, 2.05) is 24.4 Å². The Morgan fingerprint density at radius 1 is 0.857 bits per heavy atom. The quantitative estimate of drug-likeness (QED) is 0.247. The van der Waals surface area contributed by atoms with Crippen LogP contribution in [0.25, 0.3) is 22.0 Å². The van der Waals surface area contributed by atoms with Crippen molar-refractivity contribution in [2.24, 2.45) is 22.7 Å². The maximum Gasteiger partial charge on any atom is 0.0651 e. The number of aliphatic hydroxyl groups excluding tert-OH is 2. The fraction of sp³-hybridized carbons (Fsp3) is 0.605. The maximum absolute atomic E-state index is 11.4. The van der Waals surface area contributed by atoms with Crippen LogP contribution >= 0.6 is 0 Å². The Morgan fingerprint density at radius 2 is 1.45 bits per heavy atom. The average molecular weight is 749 g/mol. The Kier molecular flexibility index (Phi) is 12.8. The van der Waals surface area contributed by atoms with Crippen molar-refractivity contribution in [1.29, 1.82) is 0 Å². The number of nitrogens with zero attached hydrogens (tertiary/aromatic N) is 1. The predicted octanol–water partition coefficient (Wildman–Crippen LogP) is 9.74. The molecule has 0 spiro atoms. The largest absolute Gasteiger partial charge is 0.392 e. The molecular weight excluding hydrogens is 695 g/mol. The Labute approximate surface area is 269 Å². The standard InChI is InChI=1S/C20H38O2.C18H16N.Ir/c1-5-19(6-2)13-9-11-15-12-10-14-20(7-3,8-4)18(22)16(15)17(19)21;1-13(2)16-9-8-14-10-11-19-18(17(14)12-16)15-6-4-3-5-7-15;/h15-18,21-22H,5-14H2,1-4H3;3-6,8-13H,1-2H3;/q;-1;. The monoisotopic (exact) mass is 749 g/mol. The molecule has 2 aliphatic rings. The first-order valence-corrected chi connectivity index (χ1v) is 16.5. The van der Waals surface area contributed by atoms with Crippen molar-refractivity contribution in [3.05, 3.63) is 66.4 Å². The molecule has 2 unspecified atom stereocenters. The summed E-state index contributed by atoms with van der Waals surface area (Å²) in [5.41, 5.74) is 3.46. The van der Waals surface area contributed by atoms with Crippen molar-refractivity contribution in [2.45, 2.75) is 124 Å². The zero-order valence-corrected chi connectivity index (χ0v) is 29.2. The third-order valence-electron chi connectivity index (χ3n) is 11.3. The third-order valence-corrected chi connectivity index (χ3v) is 11.3. The number of hydrogen-bond donors (Lipinski definition) is 2. The Hall–Kier alpha value is -1.58. The third kappa shape index (κ3) is 7.04. The number of aliphatic hydroxyl groups is 2. The van der Waals surface area contributed by atoms with Gasteiger partial charge in [-0.05, 0) is 102 Å². The molecule has 0 saturated heterocycles. The fourth-order valence-electron chi connectivity index (χ4n) is 8.11. The van der Waals surface area contributed by atoms with Gasteiger partial charge in [-0.2, -0.15) is 0 Å². The Morgan fingerprint density at radius 3 is 1.95 bits per heavy atom. The van der Waals surface area contributed by atoms with Gasteiger partial charge in [-0.1, -0.05) is 72.6 Å². The van der Waals surface area contributed by atoms with Crippen LogP contribution in [0.2, 0.25) is 0 Å². The number of pyridine rings is 1. The summed E-state index contributed by atoms with van der Waals surface area (Å²) >= 11 is 0. The zero-order chi connectivity index (χ0) is 29.6. The molecule has 0 amide bonds. The van der Waals surface area contributed by atoms with E-state index >= 15 is 0 Å². The van der Waals surface area contributed by atoms with Crippen LogP contribution in [-0.2, 0) is 20.1 Å². The molecule has 3 aromatic rings. The van der Waals surface area contributed by atoms with Crippen molar-refractivity contribution >= 4 is 10.8 Å². The van der Waals surface area contributed by atoms with E-state index in [1.54, 1.807) is 0 Å². The van der Waals surface area contributed by atoms with Gasteiger partial charge in [-0.3, -0.25) is 0 Å². The molecule has 0 aliphatic heterocycles. The molecule has 2 aromatic carbocycles. The average Bonchev–Trinajstić information content (AvgIpc) is 3.24. The second-order valence-corrected chi connectivity index (χ2v) is 13.2. The van der Waals surface area contributed by atoms with E-state index in [4.69, 9.17) is 0 Å². The van der Waals surface area contributed by atoms with E-state index in [0.717, 1.165) is 49.8 Å². The molecule has 4 heteroatoms. The second kappa shape index (κ2) is 15.4. The number of benzene rings is 2. The van der Waals surface area contributed by atoms with E-state index in [9.17, 15) is 10.2 Å². The predicted molar refractivity (Wildman–Crippen MR) is 173 cm³/mol. The topological polar surface area (TPSA) is 53.4 Å². The SMILES string of the molecule is CC(C)c1ccc2ccnc(-c3[c-]cccc3)c2c1.CCC1(CC)CCCC2CCCC(CC)(CC)C(O)C2C1O.[Ir]. The molecule has 233 valence electrons. The van der Waals surface area contributed by atoms with Gasteiger partial charge >= 0.3 is 0 Å². The van der Waals surface area contributed by atoms with Crippen LogP contribution in [0.15, 0.2) is 54.7 Å². The molecule has 3 nitrogen and oxygen atoms in total. The summed E-state index contributed by atoms with van der Waals surface area (Å²) in [4.78, 5) is 4.55. The van der Waals surface area contributed by atoms with Crippen LogP contribution < -0.4 is 0 Å². The molecule has 1 heterocycles. The first-order chi connectivity index (χ1) is 19.8. The second-order valence-electron chi connectivity index (χ2n) is 13.2. The van der Waals surface area contributed by atoms with Crippen molar-refractivity contribution < 1.29 is 30.3 Å². The molecule has 0 bridgehead atoms. The van der Waals surface area contributed by atoms with Gasteiger partial charge in [-0.25, -0.2) is 0 Å². The van der Waals surface area contributed by atoms with Crippen molar-refractivity contribution in [3.8, 4) is 11.3 Å². The van der Waals surface area contributed by atoms with Gasteiger partial charge in [0.25, 0.3) is 0 Å². The van der Waals surface area contributed by atoms with Gasteiger partial charge in [0, 0.05) is 32.2 Å². The molecule has 2 atom stereocenters. The maximum atomic E-state index is 11.4. The van der Waals surface area contributed by atoms with Gasteiger partial charge in [0.05, 0.1) is 12.2 Å². The minimum absolute atomic E-state index is 0. The van der Waals surface area contributed by atoms with Crippen molar-refractivity contribution in [1.82, 2.24) is 4.98 Å². The van der Waals surface area contributed by atoms with Gasteiger partial charge in [0.1, 0.15) is 0 Å². The molecule has 2 N–H and O–H groups in total. The molecule has 5 rings (SSSR count).